The maximum Gasteiger partial charge on any atom is 0.227 e. The molecule has 0 radical (unpaired) electrons. The molecule has 2 atom stereocenters. The van der Waals surface area contributed by atoms with Gasteiger partial charge in [-0.3, -0.25) is 9.59 Å². The lowest BCUT2D eigenvalue weighted by Crippen LogP contribution is -2.35. The van der Waals surface area contributed by atoms with Gasteiger partial charge in [-0.2, -0.15) is 5.26 Å². The SMILES string of the molecule is COc1ccc(OC)c(N2CC(C(=O)NC(C#N)c3ccc(F)cc3F)CC2=O)c1. The van der Waals surface area contributed by atoms with Crippen molar-refractivity contribution >= 4 is 17.5 Å². The van der Waals surface area contributed by atoms with Gasteiger partial charge in [-0.25, -0.2) is 8.78 Å². The molecule has 1 fully saturated rings. The molecule has 0 bridgehead atoms. The van der Waals surface area contributed by atoms with Gasteiger partial charge >= 0.3 is 0 Å². The lowest BCUT2D eigenvalue weighted by molar-refractivity contribution is -0.126. The first-order chi connectivity index (χ1) is 14.4. The first-order valence-electron chi connectivity index (χ1n) is 9.05. The largest absolute Gasteiger partial charge is 0.497 e. The molecule has 1 heterocycles. The molecule has 0 saturated carbocycles. The standard InChI is InChI=1S/C21H19F2N3O4/c1-29-14-4-6-19(30-2)18(9-14)26-11-12(7-20(26)27)21(28)25-17(10-24)15-5-3-13(22)8-16(15)23/h3-6,8-9,12,17H,7,11H2,1-2H3,(H,25,28). The molecule has 0 spiro atoms. The first-order valence-corrected chi connectivity index (χ1v) is 9.05. The zero-order valence-corrected chi connectivity index (χ0v) is 16.3. The van der Waals surface area contributed by atoms with Gasteiger partial charge in [0.25, 0.3) is 0 Å². The Morgan fingerprint density at radius 3 is 2.63 bits per heavy atom. The maximum absolute atomic E-state index is 14.0. The summed E-state index contributed by atoms with van der Waals surface area (Å²) in [6.45, 7) is 0.0538. The molecule has 156 valence electrons. The number of methoxy groups -OCH3 is 2. The van der Waals surface area contributed by atoms with Crippen LogP contribution in [-0.2, 0) is 9.59 Å². The third-order valence-corrected chi connectivity index (χ3v) is 4.86. The average molecular weight is 415 g/mol. The summed E-state index contributed by atoms with van der Waals surface area (Å²) in [5.41, 5.74) is 0.307. The molecule has 1 aliphatic rings. The molecule has 9 heteroatoms. The summed E-state index contributed by atoms with van der Waals surface area (Å²) in [4.78, 5) is 26.6. The van der Waals surface area contributed by atoms with Crippen LogP contribution in [-0.4, -0.2) is 32.6 Å². The molecule has 3 rings (SSSR count). The molecule has 30 heavy (non-hydrogen) atoms. The van der Waals surface area contributed by atoms with Crippen LogP contribution < -0.4 is 19.7 Å². The molecular formula is C21H19F2N3O4. The fourth-order valence-corrected chi connectivity index (χ4v) is 3.30. The number of anilines is 1. The number of carbonyl (C=O) groups excluding carboxylic acids is 2. The van der Waals surface area contributed by atoms with Crippen LogP contribution in [0.3, 0.4) is 0 Å². The summed E-state index contributed by atoms with van der Waals surface area (Å²) in [5.74, 6) is -2.41. The smallest absolute Gasteiger partial charge is 0.227 e. The van der Waals surface area contributed by atoms with Crippen molar-refractivity contribution in [1.82, 2.24) is 5.32 Å². The van der Waals surface area contributed by atoms with Gasteiger partial charge in [0.1, 0.15) is 29.2 Å². The Labute approximate surface area is 171 Å². The minimum absolute atomic E-state index is 0.0538. The highest BCUT2D eigenvalue weighted by Crippen LogP contribution is 2.36. The number of hydrogen-bond acceptors (Lipinski definition) is 5. The topological polar surface area (TPSA) is 91.7 Å². The van der Waals surface area contributed by atoms with Crippen LogP contribution in [0.25, 0.3) is 0 Å². The van der Waals surface area contributed by atoms with E-state index in [1.807, 2.05) is 0 Å². The van der Waals surface area contributed by atoms with E-state index in [0.717, 1.165) is 12.1 Å². The molecule has 2 amide bonds. The van der Waals surface area contributed by atoms with Crippen molar-refractivity contribution in [3.8, 4) is 17.6 Å². The lowest BCUT2D eigenvalue weighted by Gasteiger charge is -2.20. The van der Waals surface area contributed by atoms with Crippen LogP contribution >= 0.6 is 0 Å². The summed E-state index contributed by atoms with van der Waals surface area (Å²) in [5, 5.41) is 11.8. The molecule has 0 aromatic heterocycles. The van der Waals surface area contributed by atoms with Gasteiger partial charge in [-0.1, -0.05) is 6.07 Å². The number of ether oxygens (including phenoxy) is 2. The quantitative estimate of drug-likeness (QED) is 0.783. The second-order valence-electron chi connectivity index (χ2n) is 6.68. The average Bonchev–Trinajstić information content (AvgIpc) is 3.13. The van der Waals surface area contributed by atoms with E-state index in [4.69, 9.17) is 9.47 Å². The zero-order chi connectivity index (χ0) is 21.8. The number of hydrogen-bond donors (Lipinski definition) is 1. The minimum Gasteiger partial charge on any atom is -0.497 e. The minimum atomic E-state index is -1.31. The number of nitrogens with one attached hydrogen (secondary N) is 1. The number of benzene rings is 2. The number of rotatable bonds is 6. The molecule has 0 aliphatic carbocycles. The summed E-state index contributed by atoms with van der Waals surface area (Å²) in [6.07, 6.45) is -0.0871. The second kappa shape index (κ2) is 8.78. The van der Waals surface area contributed by atoms with Crippen molar-refractivity contribution in [2.24, 2.45) is 5.92 Å². The van der Waals surface area contributed by atoms with Gasteiger partial charge < -0.3 is 19.7 Å². The van der Waals surface area contributed by atoms with Crippen molar-refractivity contribution in [2.45, 2.75) is 12.5 Å². The highest BCUT2D eigenvalue weighted by Gasteiger charge is 2.37. The van der Waals surface area contributed by atoms with E-state index in [-0.39, 0.29) is 24.4 Å². The summed E-state index contributed by atoms with van der Waals surface area (Å²) >= 11 is 0. The van der Waals surface area contributed by atoms with Crippen LogP contribution in [0.2, 0.25) is 0 Å². The van der Waals surface area contributed by atoms with Crippen LogP contribution in [0, 0.1) is 28.9 Å². The molecule has 1 aliphatic heterocycles. The Balaban J connectivity index is 1.77. The van der Waals surface area contributed by atoms with Gasteiger partial charge in [0.05, 0.1) is 31.9 Å². The number of halogens is 2. The van der Waals surface area contributed by atoms with Crippen molar-refractivity contribution in [2.75, 3.05) is 25.7 Å². The molecular weight excluding hydrogens is 396 g/mol. The Hall–Kier alpha value is -3.67. The second-order valence-corrected chi connectivity index (χ2v) is 6.68. The maximum atomic E-state index is 14.0. The van der Waals surface area contributed by atoms with Crippen LogP contribution in [0.1, 0.15) is 18.0 Å². The monoisotopic (exact) mass is 415 g/mol. The number of nitriles is 1. The Kier molecular flexibility index (Phi) is 6.16. The molecule has 2 aromatic carbocycles. The summed E-state index contributed by atoms with van der Waals surface area (Å²) in [7, 11) is 2.95. The van der Waals surface area contributed by atoms with E-state index < -0.39 is 29.5 Å². The zero-order valence-electron chi connectivity index (χ0n) is 16.3. The summed E-state index contributed by atoms with van der Waals surface area (Å²) in [6, 6.07) is 8.19. The summed E-state index contributed by atoms with van der Waals surface area (Å²) < 4.78 is 37.6. The van der Waals surface area contributed by atoms with E-state index in [9.17, 15) is 23.6 Å². The highest BCUT2D eigenvalue weighted by molar-refractivity contribution is 6.01. The third-order valence-electron chi connectivity index (χ3n) is 4.86. The predicted octanol–water partition coefficient (Wildman–Crippen LogP) is 2.72. The van der Waals surface area contributed by atoms with E-state index in [0.29, 0.717) is 23.3 Å². The fraction of sp³-hybridized carbons (Fsp3) is 0.286. The molecule has 2 unspecified atom stereocenters. The number of amides is 2. The number of carbonyl (C=O) groups is 2. The first kappa shape index (κ1) is 21.0. The van der Waals surface area contributed by atoms with E-state index >= 15 is 0 Å². The molecule has 2 aromatic rings. The third kappa shape index (κ3) is 4.17. The molecule has 1 N–H and O–H groups in total. The van der Waals surface area contributed by atoms with Gasteiger partial charge in [-0.05, 0) is 18.2 Å². The Bertz CT molecular complexity index is 1020. The van der Waals surface area contributed by atoms with E-state index in [1.54, 1.807) is 24.3 Å². The van der Waals surface area contributed by atoms with Gasteiger partial charge in [0.15, 0.2) is 0 Å². The van der Waals surface area contributed by atoms with Crippen LogP contribution in [0.4, 0.5) is 14.5 Å². The normalized spacial score (nSPS) is 16.7. The Morgan fingerprint density at radius 1 is 1.23 bits per heavy atom. The molecule has 7 nitrogen and oxygen atoms in total. The Morgan fingerprint density at radius 2 is 2.00 bits per heavy atom. The molecule has 1 saturated heterocycles. The van der Waals surface area contributed by atoms with Crippen LogP contribution in [0.5, 0.6) is 11.5 Å². The van der Waals surface area contributed by atoms with Crippen molar-refractivity contribution in [3.05, 3.63) is 53.6 Å². The van der Waals surface area contributed by atoms with Crippen molar-refractivity contribution in [3.63, 3.8) is 0 Å². The lowest BCUT2D eigenvalue weighted by atomic mass is 10.0. The van der Waals surface area contributed by atoms with Gasteiger partial charge in [-0.15, -0.1) is 0 Å². The van der Waals surface area contributed by atoms with Crippen LogP contribution in [0.15, 0.2) is 36.4 Å². The predicted molar refractivity (Wildman–Crippen MR) is 103 cm³/mol. The van der Waals surface area contributed by atoms with E-state index in [1.165, 1.54) is 19.1 Å². The van der Waals surface area contributed by atoms with Crippen molar-refractivity contribution < 1.29 is 27.8 Å². The fourth-order valence-electron chi connectivity index (χ4n) is 3.30. The van der Waals surface area contributed by atoms with Gasteiger partial charge in [0.2, 0.25) is 11.8 Å². The van der Waals surface area contributed by atoms with Gasteiger partial charge in [0, 0.05) is 30.7 Å². The van der Waals surface area contributed by atoms with Crippen molar-refractivity contribution in [1.29, 1.82) is 5.26 Å². The number of nitrogens with zero attached hydrogens (tertiary/aromatic N) is 2. The highest BCUT2D eigenvalue weighted by atomic mass is 19.1. The van der Waals surface area contributed by atoms with E-state index in [2.05, 4.69) is 5.32 Å².